The molecule has 1 heterocycles. The summed E-state index contributed by atoms with van der Waals surface area (Å²) >= 11 is 0. The molecule has 0 bridgehead atoms. The highest BCUT2D eigenvalue weighted by Gasteiger charge is 2.36. The number of aromatic nitrogens is 1. The summed E-state index contributed by atoms with van der Waals surface area (Å²) in [5, 5.41) is 29.0. The zero-order chi connectivity index (χ0) is 26.5. The molecule has 1 aliphatic carbocycles. The van der Waals surface area contributed by atoms with Crippen LogP contribution in [0.25, 0.3) is 0 Å². The van der Waals surface area contributed by atoms with E-state index in [4.69, 9.17) is 9.84 Å². The number of benzene rings is 2. The average Bonchev–Trinajstić information content (AvgIpc) is 2.90. The smallest absolute Gasteiger partial charge is 0.322 e. The number of carbonyl (C=O) groups is 2. The molecular formula is C29H30N2O6. The van der Waals surface area contributed by atoms with Crippen LogP contribution in [-0.2, 0) is 16.0 Å². The SMILES string of the molecule is O=CNCC(=O)O.Oc1ccc(OC2(C#Cc3cncc(O)c3)CCC(Cc3ccccc3)CC2)cc1. The summed E-state index contributed by atoms with van der Waals surface area (Å²) in [6.45, 7) is -0.302. The van der Waals surface area contributed by atoms with Crippen molar-refractivity contribution in [3.63, 3.8) is 0 Å². The standard InChI is InChI=1S/C26H25NO3.C3H5NO3/c28-23-6-8-25(9-7-23)30-26(15-12-22-17-24(29)19-27-18-22)13-10-21(11-14-26)16-20-4-2-1-3-5-20;5-2-4-1-3(6)7/h1-9,17-19,21,28-29H,10-11,13-14,16H2;2H,1H2,(H,4,5)(H,6,7). The second-order valence-electron chi connectivity index (χ2n) is 8.80. The lowest BCUT2D eigenvalue weighted by Gasteiger charge is -2.37. The first-order valence-corrected chi connectivity index (χ1v) is 12.0. The molecule has 0 radical (unpaired) electrons. The minimum atomic E-state index is -1.04. The number of carboxylic acids is 1. The van der Waals surface area contributed by atoms with Gasteiger partial charge >= 0.3 is 5.97 Å². The third-order valence-electron chi connectivity index (χ3n) is 5.93. The third-order valence-corrected chi connectivity index (χ3v) is 5.93. The van der Waals surface area contributed by atoms with E-state index in [1.165, 1.54) is 11.8 Å². The van der Waals surface area contributed by atoms with Crippen molar-refractivity contribution >= 4 is 12.4 Å². The summed E-state index contributed by atoms with van der Waals surface area (Å²) < 4.78 is 6.38. The van der Waals surface area contributed by atoms with E-state index < -0.39 is 11.6 Å². The number of phenols is 1. The van der Waals surface area contributed by atoms with Crippen LogP contribution in [-0.4, -0.2) is 44.8 Å². The van der Waals surface area contributed by atoms with Crippen molar-refractivity contribution in [2.24, 2.45) is 5.92 Å². The first-order valence-electron chi connectivity index (χ1n) is 12.0. The van der Waals surface area contributed by atoms with Gasteiger partial charge in [-0.1, -0.05) is 36.3 Å². The Kier molecular flexibility index (Phi) is 9.91. The van der Waals surface area contributed by atoms with Crippen molar-refractivity contribution < 1.29 is 29.6 Å². The van der Waals surface area contributed by atoms with E-state index in [1.54, 1.807) is 36.5 Å². The van der Waals surface area contributed by atoms with Gasteiger partial charge in [0.1, 0.15) is 23.8 Å². The quantitative estimate of drug-likeness (QED) is 0.285. The normalized spacial score (nSPS) is 18.2. The van der Waals surface area contributed by atoms with Crippen LogP contribution in [0.15, 0.2) is 73.1 Å². The van der Waals surface area contributed by atoms with Crippen LogP contribution in [0.1, 0.15) is 36.8 Å². The molecule has 192 valence electrons. The highest BCUT2D eigenvalue weighted by atomic mass is 16.5. The van der Waals surface area contributed by atoms with Gasteiger partial charge in [-0.2, -0.15) is 0 Å². The predicted molar refractivity (Wildman–Crippen MR) is 138 cm³/mol. The van der Waals surface area contributed by atoms with Crippen molar-refractivity contribution in [1.82, 2.24) is 10.3 Å². The fourth-order valence-electron chi connectivity index (χ4n) is 4.10. The van der Waals surface area contributed by atoms with Crippen LogP contribution < -0.4 is 10.1 Å². The van der Waals surface area contributed by atoms with Gasteiger partial charge < -0.3 is 25.4 Å². The minimum absolute atomic E-state index is 0.0990. The van der Waals surface area contributed by atoms with E-state index in [0.717, 1.165) is 32.1 Å². The molecule has 2 aromatic carbocycles. The molecule has 0 aliphatic heterocycles. The molecule has 0 saturated heterocycles. The predicted octanol–water partition coefficient (Wildman–Crippen LogP) is 3.91. The second-order valence-corrected chi connectivity index (χ2v) is 8.80. The fourth-order valence-corrected chi connectivity index (χ4v) is 4.10. The summed E-state index contributed by atoms with van der Waals surface area (Å²) in [6, 6.07) is 19.0. The number of aliphatic carboxylic acids is 1. The molecule has 4 N–H and O–H groups in total. The molecule has 1 aromatic heterocycles. The molecule has 1 fully saturated rings. The molecule has 4 rings (SSSR count). The van der Waals surface area contributed by atoms with E-state index in [0.29, 0.717) is 23.6 Å². The Morgan fingerprint density at radius 2 is 1.76 bits per heavy atom. The first kappa shape index (κ1) is 27.1. The van der Waals surface area contributed by atoms with Crippen molar-refractivity contribution in [2.75, 3.05) is 6.54 Å². The van der Waals surface area contributed by atoms with Gasteiger partial charge in [-0.3, -0.25) is 14.6 Å². The van der Waals surface area contributed by atoms with Crippen molar-refractivity contribution in [1.29, 1.82) is 0 Å². The van der Waals surface area contributed by atoms with E-state index >= 15 is 0 Å². The highest BCUT2D eigenvalue weighted by Crippen LogP contribution is 2.37. The number of rotatable bonds is 7. The summed E-state index contributed by atoms with van der Waals surface area (Å²) in [5.41, 5.74) is 1.43. The number of ether oxygens (including phenoxy) is 1. The number of aromatic hydroxyl groups is 2. The summed E-state index contributed by atoms with van der Waals surface area (Å²) in [7, 11) is 0. The Hall–Kier alpha value is -4.51. The molecule has 8 heteroatoms. The van der Waals surface area contributed by atoms with Gasteiger partial charge in [0.25, 0.3) is 0 Å². The molecule has 1 aliphatic rings. The first-order chi connectivity index (χ1) is 17.9. The van der Waals surface area contributed by atoms with Crippen molar-refractivity contribution in [3.05, 3.63) is 84.2 Å². The summed E-state index contributed by atoms with van der Waals surface area (Å²) in [4.78, 5) is 22.9. The maximum absolute atomic E-state index is 9.67. The second kappa shape index (κ2) is 13.5. The molecule has 8 nitrogen and oxygen atoms in total. The zero-order valence-corrected chi connectivity index (χ0v) is 20.3. The molecular weight excluding hydrogens is 472 g/mol. The Labute approximate surface area is 216 Å². The van der Waals surface area contributed by atoms with E-state index in [9.17, 15) is 19.8 Å². The number of nitrogens with zero attached hydrogens (tertiary/aromatic N) is 1. The number of carboxylic acid groups (broad SMARTS) is 1. The number of hydrogen-bond donors (Lipinski definition) is 4. The Morgan fingerprint density at radius 3 is 2.35 bits per heavy atom. The summed E-state index contributed by atoms with van der Waals surface area (Å²) in [5.74, 6) is 7.05. The van der Waals surface area contributed by atoms with Crippen LogP contribution >= 0.6 is 0 Å². The number of carbonyl (C=O) groups excluding carboxylic acids is 1. The van der Waals surface area contributed by atoms with Crippen LogP contribution in [0.4, 0.5) is 0 Å². The third kappa shape index (κ3) is 9.22. The van der Waals surface area contributed by atoms with Gasteiger partial charge in [0.2, 0.25) is 6.41 Å². The molecule has 1 saturated carbocycles. The lowest BCUT2D eigenvalue weighted by molar-refractivity contribution is -0.136. The maximum Gasteiger partial charge on any atom is 0.322 e. The van der Waals surface area contributed by atoms with E-state index in [-0.39, 0.29) is 18.0 Å². The lowest BCUT2D eigenvalue weighted by Crippen LogP contribution is -2.39. The van der Waals surface area contributed by atoms with Gasteiger partial charge in [-0.25, -0.2) is 0 Å². The van der Waals surface area contributed by atoms with Crippen molar-refractivity contribution in [3.8, 4) is 29.1 Å². The van der Waals surface area contributed by atoms with Crippen LogP contribution in [0.2, 0.25) is 0 Å². The Balaban J connectivity index is 0.000000479. The number of amides is 1. The minimum Gasteiger partial charge on any atom is -0.508 e. The van der Waals surface area contributed by atoms with Gasteiger partial charge in [-0.15, -0.1) is 0 Å². The summed E-state index contributed by atoms with van der Waals surface area (Å²) in [6.07, 6.45) is 8.15. The lowest BCUT2D eigenvalue weighted by atomic mass is 9.76. The van der Waals surface area contributed by atoms with Crippen LogP contribution in [0.3, 0.4) is 0 Å². The van der Waals surface area contributed by atoms with E-state index in [2.05, 4.69) is 41.1 Å². The van der Waals surface area contributed by atoms with Gasteiger partial charge in [0.05, 0.1) is 6.20 Å². The molecule has 37 heavy (non-hydrogen) atoms. The van der Waals surface area contributed by atoms with Gasteiger partial charge in [-0.05, 0) is 79.8 Å². The average molecular weight is 503 g/mol. The van der Waals surface area contributed by atoms with Crippen LogP contribution in [0, 0.1) is 17.8 Å². The maximum atomic E-state index is 9.67. The van der Waals surface area contributed by atoms with Gasteiger partial charge in [0.15, 0.2) is 5.60 Å². The molecule has 0 atom stereocenters. The number of hydrogen-bond acceptors (Lipinski definition) is 6. The molecule has 0 unspecified atom stereocenters. The number of pyridine rings is 1. The molecule has 1 amide bonds. The number of nitrogens with one attached hydrogen (secondary N) is 1. The topological polar surface area (TPSA) is 129 Å². The zero-order valence-electron chi connectivity index (χ0n) is 20.3. The van der Waals surface area contributed by atoms with Crippen molar-refractivity contribution in [2.45, 2.75) is 37.7 Å². The highest BCUT2D eigenvalue weighted by molar-refractivity contribution is 5.71. The Bertz CT molecular complexity index is 1210. The molecule has 0 spiro atoms. The van der Waals surface area contributed by atoms with Gasteiger partial charge in [0, 0.05) is 11.8 Å². The fraction of sp³-hybridized carbons (Fsp3) is 0.276. The van der Waals surface area contributed by atoms with Crippen LogP contribution in [0.5, 0.6) is 17.2 Å². The Morgan fingerprint density at radius 1 is 1.05 bits per heavy atom. The number of phenolic OH excluding ortho intramolecular Hbond substituents is 1. The monoisotopic (exact) mass is 502 g/mol. The van der Waals surface area contributed by atoms with E-state index in [1.807, 2.05) is 11.4 Å². The molecule has 3 aromatic rings. The largest absolute Gasteiger partial charge is 0.508 e.